The molecule has 1 aromatic carbocycles. The predicted molar refractivity (Wildman–Crippen MR) is 74.3 cm³/mol. The van der Waals surface area contributed by atoms with Gasteiger partial charge in [0.15, 0.2) is 0 Å². The first-order valence-electron chi connectivity index (χ1n) is 6.04. The summed E-state index contributed by atoms with van der Waals surface area (Å²) in [5.41, 5.74) is 3.23. The van der Waals surface area contributed by atoms with Gasteiger partial charge in [0.05, 0.1) is 0 Å². The number of carbonyl (C=O) groups is 1. The first-order valence-corrected chi connectivity index (χ1v) is 6.04. The lowest BCUT2D eigenvalue weighted by molar-refractivity contribution is 0.102. The predicted octanol–water partition coefficient (Wildman–Crippen LogP) is 2.90. The smallest absolute Gasteiger partial charge is 0.272 e. The summed E-state index contributed by atoms with van der Waals surface area (Å²) in [4.78, 5) is 16.4. The number of pyridine rings is 1. The van der Waals surface area contributed by atoms with E-state index in [0.717, 1.165) is 16.9 Å². The molecule has 2 aromatic heterocycles. The van der Waals surface area contributed by atoms with E-state index in [-0.39, 0.29) is 5.91 Å². The third-order valence-corrected chi connectivity index (χ3v) is 2.94. The highest BCUT2D eigenvalue weighted by Crippen LogP contribution is 2.12. The molecule has 0 bridgehead atoms. The van der Waals surface area contributed by atoms with Gasteiger partial charge in [-0.05, 0) is 36.8 Å². The zero-order valence-electron chi connectivity index (χ0n) is 10.5. The van der Waals surface area contributed by atoms with E-state index >= 15 is 0 Å². The lowest BCUT2D eigenvalue weighted by atomic mass is 10.2. The minimum absolute atomic E-state index is 0.144. The van der Waals surface area contributed by atoms with Gasteiger partial charge in [-0.25, -0.2) is 4.98 Å². The monoisotopic (exact) mass is 251 g/mol. The highest BCUT2D eigenvalue weighted by molar-refractivity contribution is 6.03. The number of aromatic nitrogens is 2. The van der Waals surface area contributed by atoms with Crippen LogP contribution in [0.1, 0.15) is 16.1 Å². The van der Waals surface area contributed by atoms with Crippen LogP contribution in [-0.4, -0.2) is 15.3 Å². The molecule has 0 aliphatic carbocycles. The largest absolute Gasteiger partial charge is 0.321 e. The van der Waals surface area contributed by atoms with Crippen LogP contribution in [-0.2, 0) is 0 Å². The Morgan fingerprint density at radius 3 is 2.89 bits per heavy atom. The maximum absolute atomic E-state index is 12.3. The topological polar surface area (TPSA) is 46.4 Å². The maximum atomic E-state index is 12.3. The molecule has 0 spiro atoms. The summed E-state index contributed by atoms with van der Waals surface area (Å²) in [5.74, 6) is -0.144. The number of nitrogens with one attached hydrogen (secondary N) is 1. The van der Waals surface area contributed by atoms with Crippen LogP contribution in [0, 0.1) is 6.92 Å². The van der Waals surface area contributed by atoms with E-state index in [2.05, 4.69) is 10.3 Å². The second kappa shape index (κ2) is 4.57. The first-order chi connectivity index (χ1) is 9.24. The standard InChI is InChI=1S/C15H13N3O/c1-11-4-2-5-12(10-11)17-15(19)13-6-3-7-14-16-8-9-18(13)14/h2-10H,1H3,(H,17,19). The molecule has 4 heteroatoms. The Labute approximate surface area is 110 Å². The molecule has 3 aromatic rings. The van der Waals surface area contributed by atoms with Gasteiger partial charge in [-0.1, -0.05) is 18.2 Å². The number of rotatable bonds is 2. The van der Waals surface area contributed by atoms with Crippen molar-refractivity contribution >= 4 is 17.2 Å². The molecule has 0 aliphatic rings. The summed E-state index contributed by atoms with van der Waals surface area (Å²) in [5, 5.41) is 2.89. The van der Waals surface area contributed by atoms with Crippen molar-refractivity contribution in [3.63, 3.8) is 0 Å². The molecule has 0 atom stereocenters. The van der Waals surface area contributed by atoms with E-state index < -0.39 is 0 Å². The second-order valence-corrected chi connectivity index (χ2v) is 4.39. The van der Waals surface area contributed by atoms with Gasteiger partial charge in [0.25, 0.3) is 5.91 Å². The van der Waals surface area contributed by atoms with Crippen LogP contribution in [0.25, 0.3) is 5.65 Å². The molecular weight excluding hydrogens is 238 g/mol. The summed E-state index contributed by atoms with van der Waals surface area (Å²) in [6.45, 7) is 1.99. The van der Waals surface area contributed by atoms with Crippen LogP contribution in [0.4, 0.5) is 5.69 Å². The zero-order valence-corrected chi connectivity index (χ0v) is 10.5. The van der Waals surface area contributed by atoms with E-state index in [1.54, 1.807) is 22.9 Å². The molecule has 0 unspecified atom stereocenters. The van der Waals surface area contributed by atoms with Gasteiger partial charge >= 0.3 is 0 Å². The van der Waals surface area contributed by atoms with Crippen LogP contribution in [0.15, 0.2) is 54.9 Å². The zero-order chi connectivity index (χ0) is 13.2. The number of imidazole rings is 1. The Kier molecular flexibility index (Phi) is 2.76. The number of aryl methyl sites for hydroxylation is 1. The fraction of sp³-hybridized carbons (Fsp3) is 0.0667. The number of anilines is 1. The Hall–Kier alpha value is -2.62. The third-order valence-electron chi connectivity index (χ3n) is 2.94. The minimum Gasteiger partial charge on any atom is -0.321 e. The molecular formula is C15H13N3O. The van der Waals surface area contributed by atoms with Crippen molar-refractivity contribution in [3.8, 4) is 0 Å². The molecule has 0 radical (unpaired) electrons. The van der Waals surface area contributed by atoms with Gasteiger partial charge in [-0.15, -0.1) is 0 Å². The molecule has 94 valence electrons. The fourth-order valence-corrected chi connectivity index (χ4v) is 2.05. The summed E-state index contributed by atoms with van der Waals surface area (Å²) < 4.78 is 1.77. The number of fused-ring (bicyclic) bond motifs is 1. The quantitative estimate of drug-likeness (QED) is 0.761. The number of benzene rings is 1. The van der Waals surface area contributed by atoms with Gasteiger partial charge in [-0.3, -0.25) is 9.20 Å². The van der Waals surface area contributed by atoms with Gasteiger partial charge in [-0.2, -0.15) is 0 Å². The molecule has 1 N–H and O–H groups in total. The van der Waals surface area contributed by atoms with Crippen molar-refractivity contribution in [2.24, 2.45) is 0 Å². The van der Waals surface area contributed by atoms with Crippen molar-refractivity contribution in [3.05, 3.63) is 66.1 Å². The Bertz CT molecular complexity index is 746. The van der Waals surface area contributed by atoms with Crippen LogP contribution in [0.2, 0.25) is 0 Å². The molecule has 0 fully saturated rings. The number of amides is 1. The molecule has 0 saturated heterocycles. The van der Waals surface area contributed by atoms with Crippen molar-refractivity contribution in [1.29, 1.82) is 0 Å². The first kappa shape index (κ1) is 11.5. The molecule has 0 saturated carbocycles. The van der Waals surface area contributed by atoms with Gasteiger partial charge < -0.3 is 5.32 Å². The van der Waals surface area contributed by atoms with E-state index in [9.17, 15) is 4.79 Å². The highest BCUT2D eigenvalue weighted by atomic mass is 16.1. The third kappa shape index (κ3) is 2.20. The van der Waals surface area contributed by atoms with E-state index in [4.69, 9.17) is 0 Å². The summed E-state index contributed by atoms with van der Waals surface area (Å²) >= 11 is 0. The summed E-state index contributed by atoms with van der Waals surface area (Å²) in [6.07, 6.45) is 3.46. The number of nitrogens with zero attached hydrogens (tertiary/aromatic N) is 2. The number of hydrogen-bond acceptors (Lipinski definition) is 2. The lowest BCUT2D eigenvalue weighted by Crippen LogP contribution is -2.15. The average molecular weight is 251 g/mol. The molecule has 2 heterocycles. The van der Waals surface area contributed by atoms with Crippen molar-refractivity contribution in [2.45, 2.75) is 6.92 Å². The van der Waals surface area contributed by atoms with E-state index in [1.807, 2.05) is 43.3 Å². The summed E-state index contributed by atoms with van der Waals surface area (Å²) in [7, 11) is 0. The maximum Gasteiger partial charge on any atom is 0.272 e. The molecule has 0 aliphatic heterocycles. The van der Waals surface area contributed by atoms with Crippen LogP contribution in [0.3, 0.4) is 0 Å². The normalized spacial score (nSPS) is 10.6. The van der Waals surface area contributed by atoms with E-state index in [1.165, 1.54) is 0 Å². The van der Waals surface area contributed by atoms with Crippen molar-refractivity contribution in [2.75, 3.05) is 5.32 Å². The average Bonchev–Trinajstić information content (AvgIpc) is 2.86. The van der Waals surface area contributed by atoms with Gasteiger partial charge in [0, 0.05) is 18.1 Å². The Morgan fingerprint density at radius 1 is 1.21 bits per heavy atom. The molecule has 3 rings (SSSR count). The number of hydrogen-bond donors (Lipinski definition) is 1. The van der Waals surface area contributed by atoms with Crippen molar-refractivity contribution < 1.29 is 4.79 Å². The van der Waals surface area contributed by atoms with E-state index in [0.29, 0.717) is 5.69 Å². The van der Waals surface area contributed by atoms with Gasteiger partial charge in [0.1, 0.15) is 11.3 Å². The highest BCUT2D eigenvalue weighted by Gasteiger charge is 2.10. The molecule has 19 heavy (non-hydrogen) atoms. The Morgan fingerprint density at radius 2 is 2.05 bits per heavy atom. The molecule has 4 nitrogen and oxygen atoms in total. The summed E-state index contributed by atoms with van der Waals surface area (Å²) in [6, 6.07) is 13.2. The van der Waals surface area contributed by atoms with Crippen LogP contribution in [0.5, 0.6) is 0 Å². The molecule has 1 amide bonds. The Balaban J connectivity index is 1.94. The van der Waals surface area contributed by atoms with Crippen LogP contribution < -0.4 is 5.32 Å². The minimum atomic E-state index is -0.144. The second-order valence-electron chi connectivity index (χ2n) is 4.39. The van der Waals surface area contributed by atoms with Gasteiger partial charge in [0.2, 0.25) is 0 Å². The van der Waals surface area contributed by atoms with Crippen LogP contribution >= 0.6 is 0 Å². The number of carbonyl (C=O) groups excluding carboxylic acids is 1. The SMILES string of the molecule is Cc1cccc(NC(=O)c2cccc3nccn23)c1. The fourth-order valence-electron chi connectivity index (χ4n) is 2.05. The lowest BCUT2D eigenvalue weighted by Gasteiger charge is -2.07. The van der Waals surface area contributed by atoms with Crippen molar-refractivity contribution in [1.82, 2.24) is 9.38 Å².